The highest BCUT2D eigenvalue weighted by Gasteiger charge is 2.26. The molecule has 3 nitrogen and oxygen atoms in total. The van der Waals surface area contributed by atoms with Crippen molar-refractivity contribution in [3.8, 4) is 11.1 Å². The van der Waals surface area contributed by atoms with E-state index < -0.39 is 0 Å². The average Bonchev–Trinajstić information content (AvgIpc) is 3.03. The van der Waals surface area contributed by atoms with Gasteiger partial charge in [-0.15, -0.1) is 11.3 Å². The van der Waals surface area contributed by atoms with Crippen molar-refractivity contribution in [2.24, 2.45) is 0 Å². The Balaban J connectivity index is 2.04. The lowest BCUT2D eigenvalue weighted by atomic mass is 9.90. The number of aryl methyl sites for hydroxylation is 3. The Morgan fingerprint density at radius 3 is 2.81 bits per heavy atom. The molecule has 1 aliphatic rings. The number of aromatic nitrogens is 1. The van der Waals surface area contributed by atoms with Crippen molar-refractivity contribution in [2.75, 3.05) is 6.61 Å². The molecule has 3 aromatic rings. The lowest BCUT2D eigenvalue weighted by molar-refractivity contribution is 0.0549. The summed E-state index contributed by atoms with van der Waals surface area (Å²) in [7, 11) is 0. The van der Waals surface area contributed by atoms with Gasteiger partial charge in [0.2, 0.25) is 0 Å². The highest BCUT2D eigenvalue weighted by atomic mass is 32.1. The van der Waals surface area contributed by atoms with Crippen molar-refractivity contribution in [1.29, 1.82) is 0 Å². The van der Waals surface area contributed by atoms with Crippen LogP contribution in [0.2, 0.25) is 0 Å². The minimum Gasteiger partial charge on any atom is -0.458 e. The van der Waals surface area contributed by atoms with E-state index in [1.807, 2.05) is 25.1 Å². The van der Waals surface area contributed by atoms with Crippen molar-refractivity contribution in [1.82, 2.24) is 4.98 Å². The summed E-state index contributed by atoms with van der Waals surface area (Å²) < 4.78 is 5.40. The first kappa shape index (κ1) is 17.0. The molecule has 0 aliphatic heterocycles. The van der Waals surface area contributed by atoms with Crippen LogP contribution in [0, 0.1) is 6.92 Å². The molecule has 0 saturated heterocycles. The van der Waals surface area contributed by atoms with E-state index in [-0.39, 0.29) is 12.6 Å². The quantitative estimate of drug-likeness (QED) is 0.454. The summed E-state index contributed by atoms with van der Waals surface area (Å²) in [5, 5.41) is 1.15. The fourth-order valence-electron chi connectivity index (χ4n) is 3.75. The van der Waals surface area contributed by atoms with Crippen LogP contribution in [-0.4, -0.2) is 17.6 Å². The molecule has 0 atom stereocenters. The molecule has 0 saturated carbocycles. The smallest absolute Gasteiger partial charge is 0.340 e. The summed E-state index contributed by atoms with van der Waals surface area (Å²) in [5.74, 6) is -0.327. The molecule has 0 fully saturated rings. The third-order valence-electron chi connectivity index (χ3n) is 4.88. The van der Waals surface area contributed by atoms with Crippen LogP contribution in [-0.2, 0) is 17.6 Å². The Labute approximate surface area is 157 Å². The zero-order valence-corrected chi connectivity index (χ0v) is 15.7. The monoisotopic (exact) mass is 363 g/mol. The van der Waals surface area contributed by atoms with Crippen LogP contribution < -0.4 is 0 Å². The molecule has 0 bridgehead atoms. The second-order valence-corrected chi connectivity index (χ2v) is 7.68. The van der Waals surface area contributed by atoms with Crippen molar-refractivity contribution in [2.45, 2.75) is 32.6 Å². The molecular formula is C22H21NO2S. The predicted molar refractivity (Wildman–Crippen MR) is 107 cm³/mol. The zero-order chi connectivity index (χ0) is 18.1. The molecule has 2 aromatic heterocycles. The van der Waals surface area contributed by atoms with Gasteiger partial charge in [0.05, 0.1) is 11.3 Å². The van der Waals surface area contributed by atoms with Gasteiger partial charge < -0.3 is 4.74 Å². The van der Waals surface area contributed by atoms with E-state index in [1.165, 1.54) is 23.3 Å². The summed E-state index contributed by atoms with van der Waals surface area (Å²) >= 11 is 1.78. The van der Waals surface area contributed by atoms with E-state index in [1.54, 1.807) is 17.4 Å². The molecule has 1 aliphatic carbocycles. The van der Waals surface area contributed by atoms with Crippen LogP contribution in [0.4, 0.5) is 0 Å². The molecule has 26 heavy (non-hydrogen) atoms. The Kier molecular flexibility index (Phi) is 4.60. The molecule has 0 spiro atoms. The number of hydrogen-bond donors (Lipinski definition) is 0. The molecule has 4 heteroatoms. The van der Waals surface area contributed by atoms with E-state index >= 15 is 0 Å². The fourth-order valence-corrected chi connectivity index (χ4v) is 5.07. The Bertz CT molecular complexity index is 989. The average molecular weight is 363 g/mol. The number of rotatable bonds is 4. The summed E-state index contributed by atoms with van der Waals surface area (Å²) in [5.41, 5.74) is 4.70. The second kappa shape index (κ2) is 7.04. The van der Waals surface area contributed by atoms with Gasteiger partial charge in [0.15, 0.2) is 0 Å². The normalized spacial score (nSPS) is 13.4. The Morgan fingerprint density at radius 1 is 1.27 bits per heavy atom. The number of fused-ring (bicyclic) bond motifs is 3. The topological polar surface area (TPSA) is 39.2 Å². The Hall–Kier alpha value is -2.46. The summed E-state index contributed by atoms with van der Waals surface area (Å²) in [4.78, 5) is 20.1. The van der Waals surface area contributed by atoms with Crippen molar-refractivity contribution in [3.05, 3.63) is 64.7 Å². The molecule has 132 valence electrons. The molecule has 1 aromatic carbocycles. The van der Waals surface area contributed by atoms with E-state index in [2.05, 4.69) is 18.7 Å². The van der Waals surface area contributed by atoms with Crippen LogP contribution >= 0.6 is 11.3 Å². The van der Waals surface area contributed by atoms with Gasteiger partial charge in [-0.05, 0) is 43.7 Å². The molecule has 2 heterocycles. The molecule has 0 unspecified atom stereocenters. The van der Waals surface area contributed by atoms with E-state index in [0.717, 1.165) is 39.9 Å². The number of thiophene rings is 1. The molecule has 0 N–H and O–H groups in total. The van der Waals surface area contributed by atoms with Gasteiger partial charge in [-0.1, -0.05) is 43.0 Å². The maximum Gasteiger partial charge on any atom is 0.340 e. The van der Waals surface area contributed by atoms with Gasteiger partial charge in [-0.3, -0.25) is 0 Å². The van der Waals surface area contributed by atoms with Gasteiger partial charge >= 0.3 is 5.97 Å². The lowest BCUT2D eigenvalue weighted by Crippen LogP contribution is -2.11. The predicted octanol–water partition coefficient (Wildman–Crippen LogP) is 5.49. The molecular weight excluding hydrogens is 342 g/mol. The van der Waals surface area contributed by atoms with E-state index in [9.17, 15) is 4.79 Å². The van der Waals surface area contributed by atoms with Gasteiger partial charge in [0, 0.05) is 15.8 Å². The highest BCUT2D eigenvalue weighted by molar-refractivity contribution is 7.19. The van der Waals surface area contributed by atoms with Crippen LogP contribution in [0.5, 0.6) is 0 Å². The first-order valence-electron chi connectivity index (χ1n) is 8.99. The van der Waals surface area contributed by atoms with Crippen molar-refractivity contribution in [3.63, 3.8) is 0 Å². The number of nitrogens with zero attached hydrogens (tertiary/aromatic N) is 1. The fraction of sp³-hybridized carbons (Fsp3) is 0.273. The number of pyridine rings is 1. The molecule has 0 amide bonds. The molecule has 0 radical (unpaired) electrons. The zero-order valence-electron chi connectivity index (χ0n) is 14.9. The summed E-state index contributed by atoms with van der Waals surface area (Å²) in [6.07, 6.45) is 6.18. The lowest BCUT2D eigenvalue weighted by Gasteiger charge is -2.16. The Morgan fingerprint density at radius 2 is 2.04 bits per heavy atom. The summed E-state index contributed by atoms with van der Waals surface area (Å²) in [6, 6.07) is 10.1. The van der Waals surface area contributed by atoms with Gasteiger partial charge in [0.1, 0.15) is 11.4 Å². The highest BCUT2D eigenvalue weighted by Crippen LogP contribution is 2.43. The standard InChI is InChI=1S/C22H21NO2S/c1-3-13-25-22(24)18-14(2)23-21-20(16-11-7-8-12-17(16)26-21)19(18)15-9-5-4-6-10-15/h3-6,9-10H,1,7-8,11-13H2,2H3. The van der Waals surface area contributed by atoms with E-state index in [0.29, 0.717) is 5.56 Å². The maximum absolute atomic E-state index is 12.8. The van der Waals surface area contributed by atoms with Crippen LogP contribution in [0.3, 0.4) is 0 Å². The SMILES string of the molecule is C=CCOC(=O)c1c(C)nc2sc3c(c2c1-c1ccccc1)CCCC3. The number of ether oxygens (including phenoxy) is 1. The first-order chi connectivity index (χ1) is 12.7. The van der Waals surface area contributed by atoms with Crippen molar-refractivity contribution < 1.29 is 9.53 Å². The number of carbonyl (C=O) groups excluding carboxylic acids is 1. The number of benzene rings is 1. The molecule has 4 rings (SSSR count). The van der Waals surface area contributed by atoms with Crippen LogP contribution in [0.25, 0.3) is 21.3 Å². The minimum absolute atomic E-state index is 0.201. The third-order valence-corrected chi connectivity index (χ3v) is 6.07. The largest absolute Gasteiger partial charge is 0.458 e. The number of hydrogen-bond acceptors (Lipinski definition) is 4. The van der Waals surface area contributed by atoms with E-state index in [4.69, 9.17) is 9.72 Å². The maximum atomic E-state index is 12.8. The summed E-state index contributed by atoms with van der Waals surface area (Å²) in [6.45, 7) is 5.74. The van der Waals surface area contributed by atoms with Crippen LogP contribution in [0.1, 0.15) is 39.3 Å². The minimum atomic E-state index is -0.327. The second-order valence-electron chi connectivity index (χ2n) is 6.59. The van der Waals surface area contributed by atoms with Gasteiger partial charge in [-0.2, -0.15) is 0 Å². The number of esters is 1. The number of carbonyl (C=O) groups is 1. The van der Waals surface area contributed by atoms with Crippen molar-refractivity contribution >= 4 is 27.5 Å². The third kappa shape index (κ3) is 2.84. The first-order valence-corrected chi connectivity index (χ1v) is 9.80. The van der Waals surface area contributed by atoms with Gasteiger partial charge in [0.25, 0.3) is 0 Å². The van der Waals surface area contributed by atoms with Gasteiger partial charge in [-0.25, -0.2) is 9.78 Å². The van der Waals surface area contributed by atoms with Crippen LogP contribution in [0.15, 0.2) is 43.0 Å².